The molecule has 0 atom stereocenters. The van der Waals surface area contributed by atoms with E-state index in [1.165, 1.54) is 13.8 Å². The molecule has 3 nitrogen and oxygen atoms in total. The van der Waals surface area contributed by atoms with Crippen LogP contribution in [0.4, 0.5) is 31.1 Å². The first-order chi connectivity index (χ1) is 7.54. The number of hydrogen-bond donors (Lipinski definition) is 1. The Bertz CT molecular complexity index is 244. The van der Waals surface area contributed by atoms with E-state index in [0.29, 0.717) is 0 Å². The van der Waals surface area contributed by atoms with Crippen molar-refractivity contribution in [2.24, 2.45) is 0 Å². The van der Waals surface area contributed by atoms with Crippen LogP contribution in [-0.2, 0) is 0 Å². The predicted molar refractivity (Wildman–Crippen MR) is 47.4 cm³/mol. The number of urea groups is 1. The number of halogens is 6. The van der Waals surface area contributed by atoms with E-state index in [1.807, 2.05) is 0 Å². The van der Waals surface area contributed by atoms with E-state index >= 15 is 0 Å². The van der Waals surface area contributed by atoms with E-state index < -0.39 is 24.4 Å². The molecule has 0 saturated carbocycles. The van der Waals surface area contributed by atoms with E-state index in [-0.39, 0.29) is 13.1 Å². The smallest absolute Gasteiger partial charge is 0.325 e. The average Bonchev–Trinajstić information content (AvgIpc) is 2.12. The first kappa shape index (κ1) is 15.9. The molecule has 0 rings (SSSR count). The van der Waals surface area contributed by atoms with Crippen molar-refractivity contribution in [2.75, 3.05) is 13.1 Å². The summed E-state index contributed by atoms with van der Waals surface area (Å²) in [5.41, 5.74) is 0. The fraction of sp³-hybridized carbons (Fsp3) is 0.875. The molecule has 0 aromatic carbocycles. The van der Waals surface area contributed by atoms with Gasteiger partial charge in [0, 0.05) is 13.1 Å². The fourth-order valence-electron chi connectivity index (χ4n) is 1.07. The van der Waals surface area contributed by atoms with Gasteiger partial charge in [0.2, 0.25) is 6.04 Å². The number of rotatable bonds is 3. The van der Waals surface area contributed by atoms with Crippen LogP contribution in [0.25, 0.3) is 0 Å². The highest BCUT2D eigenvalue weighted by Gasteiger charge is 2.57. The van der Waals surface area contributed by atoms with Crippen LogP contribution in [0.5, 0.6) is 0 Å². The lowest BCUT2D eigenvalue weighted by Gasteiger charge is -2.27. The number of nitrogens with zero attached hydrogens (tertiary/aromatic N) is 1. The van der Waals surface area contributed by atoms with E-state index in [4.69, 9.17) is 0 Å². The number of carbonyl (C=O) groups is 1. The minimum Gasteiger partial charge on any atom is -0.325 e. The SMILES string of the molecule is CCN(CC)C(=O)NC(C(F)(F)F)C(F)(F)F. The van der Waals surface area contributed by atoms with E-state index in [2.05, 4.69) is 0 Å². The summed E-state index contributed by atoms with van der Waals surface area (Å²) >= 11 is 0. The minimum atomic E-state index is -5.57. The summed E-state index contributed by atoms with van der Waals surface area (Å²) in [6.07, 6.45) is -11.1. The van der Waals surface area contributed by atoms with Crippen molar-refractivity contribution in [3.63, 3.8) is 0 Å². The average molecular weight is 266 g/mol. The van der Waals surface area contributed by atoms with Crippen LogP contribution >= 0.6 is 0 Å². The summed E-state index contributed by atoms with van der Waals surface area (Å²) in [5.74, 6) is 0. The number of hydrogen-bond acceptors (Lipinski definition) is 1. The maximum atomic E-state index is 12.1. The van der Waals surface area contributed by atoms with Crippen molar-refractivity contribution in [1.29, 1.82) is 0 Å². The van der Waals surface area contributed by atoms with E-state index in [0.717, 1.165) is 10.2 Å². The van der Waals surface area contributed by atoms with Crippen LogP contribution < -0.4 is 5.32 Å². The van der Waals surface area contributed by atoms with Crippen molar-refractivity contribution < 1.29 is 31.1 Å². The second kappa shape index (κ2) is 5.46. The van der Waals surface area contributed by atoms with Crippen LogP contribution in [-0.4, -0.2) is 42.4 Å². The van der Waals surface area contributed by atoms with Crippen molar-refractivity contribution in [3.8, 4) is 0 Å². The molecule has 0 aliphatic carbocycles. The zero-order valence-corrected chi connectivity index (χ0v) is 9.11. The Balaban J connectivity index is 4.85. The zero-order chi connectivity index (χ0) is 13.9. The van der Waals surface area contributed by atoms with E-state index in [9.17, 15) is 31.1 Å². The van der Waals surface area contributed by atoms with Crippen LogP contribution in [0.2, 0.25) is 0 Å². The lowest BCUT2D eigenvalue weighted by atomic mass is 10.3. The molecular formula is C8H12F6N2O. The first-order valence-corrected chi connectivity index (χ1v) is 4.72. The maximum Gasteiger partial charge on any atom is 0.417 e. The lowest BCUT2D eigenvalue weighted by molar-refractivity contribution is -0.255. The number of alkyl halides is 6. The van der Waals surface area contributed by atoms with Gasteiger partial charge in [-0.1, -0.05) is 0 Å². The number of nitrogens with one attached hydrogen (secondary N) is 1. The normalized spacial score (nSPS) is 12.8. The Morgan fingerprint density at radius 3 is 1.65 bits per heavy atom. The standard InChI is InChI=1S/C8H12F6N2O/c1-3-16(4-2)6(17)15-5(7(9,10)11)8(12,13)14/h5H,3-4H2,1-2H3,(H,15,17). The van der Waals surface area contributed by atoms with Crippen LogP contribution in [0.15, 0.2) is 0 Å². The third-order valence-electron chi connectivity index (χ3n) is 1.97. The van der Waals surface area contributed by atoms with E-state index in [1.54, 1.807) is 0 Å². The molecule has 0 aromatic rings. The molecule has 17 heavy (non-hydrogen) atoms. The Morgan fingerprint density at radius 1 is 1.06 bits per heavy atom. The first-order valence-electron chi connectivity index (χ1n) is 4.72. The molecule has 0 unspecified atom stereocenters. The summed E-state index contributed by atoms with van der Waals surface area (Å²) in [4.78, 5) is 11.9. The van der Waals surface area contributed by atoms with Crippen LogP contribution in [0.1, 0.15) is 13.8 Å². The van der Waals surface area contributed by atoms with Crippen molar-refractivity contribution in [1.82, 2.24) is 10.2 Å². The summed E-state index contributed by atoms with van der Waals surface area (Å²) in [6.45, 7) is 2.92. The maximum absolute atomic E-state index is 12.1. The van der Waals surface area contributed by atoms with Gasteiger partial charge in [0.1, 0.15) is 0 Å². The lowest BCUT2D eigenvalue weighted by Crippen LogP contribution is -2.57. The largest absolute Gasteiger partial charge is 0.417 e. The molecule has 0 aromatic heterocycles. The number of carbonyl (C=O) groups excluding carboxylic acids is 1. The van der Waals surface area contributed by atoms with Gasteiger partial charge in [-0.3, -0.25) is 0 Å². The quantitative estimate of drug-likeness (QED) is 0.782. The molecule has 0 saturated heterocycles. The molecule has 0 radical (unpaired) electrons. The van der Waals surface area contributed by atoms with Crippen molar-refractivity contribution in [2.45, 2.75) is 32.2 Å². The van der Waals surface area contributed by atoms with Crippen molar-refractivity contribution in [3.05, 3.63) is 0 Å². The Labute approximate surface area is 93.8 Å². The molecule has 2 amide bonds. The summed E-state index contributed by atoms with van der Waals surface area (Å²) < 4.78 is 72.6. The van der Waals surface area contributed by atoms with Gasteiger partial charge in [-0.2, -0.15) is 26.3 Å². The topological polar surface area (TPSA) is 32.3 Å². The summed E-state index contributed by atoms with van der Waals surface area (Å²) in [6, 6.07) is -5.24. The molecule has 102 valence electrons. The van der Waals surface area contributed by atoms with Gasteiger partial charge < -0.3 is 10.2 Å². The molecule has 9 heteroatoms. The van der Waals surface area contributed by atoms with Crippen molar-refractivity contribution >= 4 is 6.03 Å². The highest BCUT2D eigenvalue weighted by Crippen LogP contribution is 2.33. The molecule has 0 fully saturated rings. The summed E-state index contributed by atoms with van der Waals surface area (Å²) in [7, 11) is 0. The Kier molecular flexibility index (Phi) is 5.09. The second-order valence-electron chi connectivity index (χ2n) is 3.14. The van der Waals surface area contributed by atoms with Gasteiger partial charge in [-0.15, -0.1) is 0 Å². The fourth-order valence-corrected chi connectivity index (χ4v) is 1.07. The second-order valence-corrected chi connectivity index (χ2v) is 3.14. The minimum absolute atomic E-state index is 0.0186. The molecule has 0 aliphatic rings. The van der Waals surface area contributed by atoms with Gasteiger partial charge in [-0.25, -0.2) is 4.79 Å². The molecule has 0 aliphatic heterocycles. The van der Waals surface area contributed by atoms with Gasteiger partial charge in [0.15, 0.2) is 0 Å². The predicted octanol–water partition coefficient (Wildman–Crippen LogP) is 2.53. The Hall–Kier alpha value is -1.15. The van der Waals surface area contributed by atoms with Gasteiger partial charge in [0.05, 0.1) is 0 Å². The zero-order valence-electron chi connectivity index (χ0n) is 9.11. The van der Waals surface area contributed by atoms with Crippen LogP contribution in [0, 0.1) is 0 Å². The highest BCUT2D eigenvalue weighted by molar-refractivity contribution is 5.74. The molecular weight excluding hydrogens is 254 g/mol. The third-order valence-corrected chi connectivity index (χ3v) is 1.97. The van der Waals surface area contributed by atoms with Gasteiger partial charge in [0.25, 0.3) is 0 Å². The monoisotopic (exact) mass is 266 g/mol. The summed E-state index contributed by atoms with van der Waals surface area (Å²) in [5, 5.41) is 0.936. The molecule has 0 spiro atoms. The molecule has 1 N–H and O–H groups in total. The Morgan fingerprint density at radius 2 is 1.41 bits per heavy atom. The highest BCUT2D eigenvalue weighted by atomic mass is 19.4. The molecule has 0 heterocycles. The number of amides is 2. The van der Waals surface area contributed by atoms with Gasteiger partial charge in [-0.05, 0) is 13.8 Å². The molecule has 0 bridgehead atoms. The van der Waals surface area contributed by atoms with Gasteiger partial charge >= 0.3 is 18.4 Å². The third kappa shape index (κ3) is 4.70. The van der Waals surface area contributed by atoms with Crippen LogP contribution in [0.3, 0.4) is 0 Å².